The maximum atomic E-state index is 8.98. The summed E-state index contributed by atoms with van der Waals surface area (Å²) in [7, 11) is 1.63. The average molecular weight is 277 g/mol. The van der Waals surface area contributed by atoms with Gasteiger partial charge in [0.15, 0.2) is 0 Å². The molecule has 0 N–H and O–H groups in total. The molecule has 0 aromatic heterocycles. The van der Waals surface area contributed by atoms with E-state index in [1.54, 1.807) is 7.11 Å². The Morgan fingerprint density at radius 3 is 2.24 bits per heavy atom. The van der Waals surface area contributed by atoms with Gasteiger partial charge in [0, 0.05) is 28.7 Å². The van der Waals surface area contributed by atoms with Crippen LogP contribution in [-0.4, -0.2) is 7.11 Å². The van der Waals surface area contributed by atoms with E-state index in [4.69, 9.17) is 15.3 Å². The molecular formula is C17H15N3O. The van der Waals surface area contributed by atoms with Gasteiger partial charge in [0.05, 0.1) is 7.11 Å². The van der Waals surface area contributed by atoms with Crippen molar-refractivity contribution < 1.29 is 4.74 Å². The summed E-state index contributed by atoms with van der Waals surface area (Å²) in [4.78, 5) is 2.05. The molecule has 0 aliphatic carbocycles. The van der Waals surface area contributed by atoms with Gasteiger partial charge >= 0.3 is 0 Å². The number of anilines is 1. The molecule has 0 saturated heterocycles. The molecule has 0 radical (unpaired) electrons. The van der Waals surface area contributed by atoms with Crippen molar-refractivity contribution in [1.82, 2.24) is 0 Å². The van der Waals surface area contributed by atoms with E-state index in [0.29, 0.717) is 5.57 Å². The van der Waals surface area contributed by atoms with Gasteiger partial charge in [-0.2, -0.15) is 10.5 Å². The normalized spacial score (nSPS) is 13.8. The number of ether oxygens (including phenoxy) is 1. The third kappa shape index (κ3) is 2.80. The third-order valence-corrected chi connectivity index (χ3v) is 3.26. The minimum absolute atomic E-state index is 0.124. The van der Waals surface area contributed by atoms with Crippen molar-refractivity contribution in [1.29, 1.82) is 10.5 Å². The van der Waals surface area contributed by atoms with Crippen LogP contribution in [0.5, 0.6) is 5.75 Å². The van der Waals surface area contributed by atoms with Crippen molar-refractivity contribution in [2.24, 2.45) is 0 Å². The molecule has 0 fully saturated rings. The molecular weight excluding hydrogens is 262 g/mol. The smallest absolute Gasteiger partial charge is 0.137 e. The first-order valence-corrected chi connectivity index (χ1v) is 6.46. The molecule has 21 heavy (non-hydrogen) atoms. The number of nitriles is 2. The molecule has 0 spiro atoms. The fraction of sp³-hybridized carbons (Fsp3) is 0.176. The Hall–Kier alpha value is -2.98. The minimum Gasteiger partial charge on any atom is -0.497 e. The van der Waals surface area contributed by atoms with E-state index in [1.807, 2.05) is 62.4 Å². The number of rotatable bonds is 2. The summed E-state index contributed by atoms with van der Waals surface area (Å²) in [5.41, 5.74) is 3.64. The van der Waals surface area contributed by atoms with Gasteiger partial charge in [0.25, 0.3) is 0 Å². The molecule has 1 aromatic carbocycles. The van der Waals surface area contributed by atoms with E-state index in [1.165, 1.54) is 0 Å². The average Bonchev–Trinajstić information content (AvgIpc) is 2.48. The van der Waals surface area contributed by atoms with Gasteiger partial charge < -0.3 is 9.64 Å². The molecule has 104 valence electrons. The van der Waals surface area contributed by atoms with E-state index in [-0.39, 0.29) is 5.57 Å². The number of hydrogen-bond acceptors (Lipinski definition) is 4. The lowest BCUT2D eigenvalue weighted by Crippen LogP contribution is -2.21. The summed E-state index contributed by atoms with van der Waals surface area (Å²) in [6.07, 6.45) is 3.68. The van der Waals surface area contributed by atoms with Crippen LogP contribution in [0.15, 0.2) is 59.0 Å². The van der Waals surface area contributed by atoms with Crippen LogP contribution in [0.25, 0.3) is 0 Å². The van der Waals surface area contributed by atoms with Gasteiger partial charge in [0.2, 0.25) is 0 Å². The van der Waals surface area contributed by atoms with Gasteiger partial charge in [-0.05, 0) is 38.1 Å². The Balaban J connectivity index is 2.49. The van der Waals surface area contributed by atoms with Crippen molar-refractivity contribution in [3.63, 3.8) is 0 Å². The maximum absolute atomic E-state index is 8.98. The monoisotopic (exact) mass is 277 g/mol. The fourth-order valence-corrected chi connectivity index (χ4v) is 2.35. The first-order valence-electron chi connectivity index (χ1n) is 6.46. The van der Waals surface area contributed by atoms with Gasteiger partial charge in [-0.15, -0.1) is 0 Å². The van der Waals surface area contributed by atoms with Gasteiger partial charge in [-0.25, -0.2) is 0 Å². The molecule has 4 nitrogen and oxygen atoms in total. The second-order valence-corrected chi connectivity index (χ2v) is 4.66. The largest absolute Gasteiger partial charge is 0.497 e. The summed E-state index contributed by atoms with van der Waals surface area (Å²) in [6, 6.07) is 11.6. The molecule has 1 heterocycles. The standard InChI is InChI=1S/C17H15N3O/c1-12-7-14(15(10-18)11-19)8-13(2)20(12)16-5-4-6-17(9-16)21-3/h4-9H,1-3H3. The van der Waals surface area contributed by atoms with Crippen molar-refractivity contribution in [3.05, 3.63) is 59.0 Å². The van der Waals surface area contributed by atoms with Crippen molar-refractivity contribution in [2.75, 3.05) is 12.0 Å². The van der Waals surface area contributed by atoms with Crippen LogP contribution >= 0.6 is 0 Å². The molecule has 4 heteroatoms. The van der Waals surface area contributed by atoms with Crippen LogP contribution in [0.2, 0.25) is 0 Å². The fourth-order valence-electron chi connectivity index (χ4n) is 2.35. The molecule has 0 atom stereocenters. The van der Waals surface area contributed by atoms with Crippen LogP contribution in [0.3, 0.4) is 0 Å². The first-order chi connectivity index (χ1) is 10.1. The highest BCUT2D eigenvalue weighted by molar-refractivity contribution is 5.66. The van der Waals surface area contributed by atoms with Gasteiger partial charge in [-0.3, -0.25) is 0 Å². The number of methoxy groups -OCH3 is 1. The summed E-state index contributed by atoms with van der Waals surface area (Å²) >= 11 is 0. The van der Waals surface area contributed by atoms with Crippen molar-refractivity contribution >= 4 is 5.69 Å². The second kappa shape index (κ2) is 5.98. The second-order valence-electron chi connectivity index (χ2n) is 4.66. The van der Waals surface area contributed by atoms with Gasteiger partial charge in [0.1, 0.15) is 23.5 Å². The highest BCUT2D eigenvalue weighted by Crippen LogP contribution is 2.32. The highest BCUT2D eigenvalue weighted by Gasteiger charge is 2.17. The predicted molar refractivity (Wildman–Crippen MR) is 81.2 cm³/mol. The van der Waals surface area contributed by atoms with E-state index >= 15 is 0 Å². The molecule has 0 unspecified atom stereocenters. The number of allylic oxidation sites excluding steroid dienone is 6. The molecule has 1 aliphatic heterocycles. The lowest BCUT2D eigenvalue weighted by atomic mass is 10.0. The zero-order valence-electron chi connectivity index (χ0n) is 12.2. The summed E-state index contributed by atoms with van der Waals surface area (Å²) in [5.74, 6) is 0.782. The predicted octanol–water partition coefficient (Wildman–Crippen LogP) is 3.67. The van der Waals surface area contributed by atoms with Crippen LogP contribution in [0, 0.1) is 22.7 Å². The SMILES string of the molecule is COc1cccc(N2C(C)=CC(=C(C#N)C#N)C=C2C)c1. The Kier molecular flexibility index (Phi) is 4.11. The molecule has 2 rings (SSSR count). The molecule has 0 amide bonds. The third-order valence-electron chi connectivity index (χ3n) is 3.26. The lowest BCUT2D eigenvalue weighted by molar-refractivity contribution is 0.415. The van der Waals surface area contributed by atoms with Crippen LogP contribution in [-0.2, 0) is 0 Å². The van der Waals surface area contributed by atoms with Crippen molar-refractivity contribution in [2.45, 2.75) is 13.8 Å². The quantitative estimate of drug-likeness (QED) is 0.774. The lowest BCUT2D eigenvalue weighted by Gasteiger charge is -2.30. The van der Waals surface area contributed by atoms with E-state index < -0.39 is 0 Å². The Morgan fingerprint density at radius 2 is 1.71 bits per heavy atom. The van der Waals surface area contributed by atoms with Crippen molar-refractivity contribution in [3.8, 4) is 17.9 Å². The van der Waals surface area contributed by atoms with Gasteiger partial charge in [-0.1, -0.05) is 6.07 Å². The first kappa shape index (κ1) is 14.4. The molecule has 0 bridgehead atoms. The topological polar surface area (TPSA) is 60.0 Å². The van der Waals surface area contributed by atoms with E-state index in [9.17, 15) is 0 Å². The zero-order valence-corrected chi connectivity index (χ0v) is 12.2. The molecule has 1 aliphatic rings. The molecule has 1 aromatic rings. The number of hydrogen-bond donors (Lipinski definition) is 0. The van der Waals surface area contributed by atoms with E-state index in [0.717, 1.165) is 22.8 Å². The summed E-state index contributed by atoms with van der Waals surface area (Å²) < 4.78 is 5.25. The summed E-state index contributed by atoms with van der Waals surface area (Å²) in [6.45, 7) is 3.89. The Labute approximate surface area is 124 Å². The van der Waals surface area contributed by atoms with Crippen LogP contribution < -0.4 is 9.64 Å². The number of benzene rings is 1. The Bertz CT molecular complexity index is 704. The molecule has 0 saturated carbocycles. The highest BCUT2D eigenvalue weighted by atomic mass is 16.5. The number of nitrogens with zero attached hydrogens (tertiary/aromatic N) is 3. The maximum Gasteiger partial charge on any atom is 0.137 e. The minimum atomic E-state index is 0.124. The zero-order chi connectivity index (χ0) is 15.4. The Morgan fingerprint density at radius 1 is 1.10 bits per heavy atom. The van der Waals surface area contributed by atoms with Crippen LogP contribution in [0.1, 0.15) is 13.8 Å². The summed E-state index contributed by atoms with van der Waals surface area (Å²) in [5, 5.41) is 18.0. The van der Waals surface area contributed by atoms with Crippen LogP contribution in [0.4, 0.5) is 5.69 Å². The van der Waals surface area contributed by atoms with E-state index in [2.05, 4.69) is 4.90 Å².